The first-order valence-corrected chi connectivity index (χ1v) is 19.1. The van der Waals surface area contributed by atoms with Crippen molar-refractivity contribution in [2.45, 2.75) is 38.5 Å². The summed E-state index contributed by atoms with van der Waals surface area (Å²) >= 11 is 0. The van der Waals surface area contributed by atoms with Crippen LogP contribution in [0.2, 0.25) is 0 Å². The Morgan fingerprint density at radius 3 is 1.19 bits per heavy atom. The maximum absolute atomic E-state index is 11.3. The van der Waals surface area contributed by atoms with Crippen molar-refractivity contribution in [3.05, 3.63) is 202 Å². The van der Waals surface area contributed by atoms with Gasteiger partial charge in [0.05, 0.1) is 0 Å². The van der Waals surface area contributed by atoms with E-state index in [0.717, 1.165) is 81.9 Å². The van der Waals surface area contributed by atoms with Crippen LogP contribution in [0.3, 0.4) is 0 Å². The van der Waals surface area contributed by atoms with E-state index in [1.165, 1.54) is 23.5 Å². The summed E-state index contributed by atoms with van der Waals surface area (Å²) in [6.07, 6.45) is 20.1. The van der Waals surface area contributed by atoms with Gasteiger partial charge < -0.3 is 20.0 Å². The molecule has 0 amide bonds. The predicted octanol–water partition coefficient (Wildman–Crippen LogP) is 11.5. The Morgan fingerprint density at radius 2 is 0.862 bits per heavy atom. The van der Waals surface area contributed by atoms with E-state index in [9.17, 15) is 19.8 Å². The van der Waals surface area contributed by atoms with Gasteiger partial charge >= 0.3 is 11.9 Å². The third kappa shape index (κ3) is 9.22. The highest BCUT2D eigenvalue weighted by molar-refractivity contribution is 5.92. The molecule has 0 atom stereocenters. The lowest BCUT2D eigenvalue weighted by Crippen LogP contribution is -2.22. The molecule has 0 radical (unpaired) electrons. The van der Waals surface area contributed by atoms with E-state index in [-0.39, 0.29) is 11.1 Å². The average Bonchev–Trinajstić information content (AvgIpc) is 3.90. The predicted molar refractivity (Wildman–Crippen MR) is 229 cm³/mol. The third-order valence-electron chi connectivity index (χ3n) is 10.2. The number of para-hydroxylation sites is 2. The molecule has 0 heterocycles. The zero-order valence-corrected chi connectivity index (χ0v) is 31.8. The standard InChI is InChI=1S/C50H40N4O4/c51-33-41(49(55)56)31-39-13-11-37(29-39)27-35-15-19-45(20-16-35)53(43-7-3-1-4-8-43)47-23-25-48(26-24-47)54(44-9-5-2-6-10-44)46-21-17-36(18-22-46)28-38-12-14-40(30-38)32-42(34-52)50(57)58/h1-10,15-23,25,27-32H,11-14,24,26H2,(H,55,56)(H,57,58)/b37-27+,38-28+,41-31+,42-32+. The summed E-state index contributed by atoms with van der Waals surface area (Å²) in [5.74, 6) is -2.43. The van der Waals surface area contributed by atoms with Gasteiger partial charge in [0.25, 0.3) is 0 Å². The second-order valence-electron chi connectivity index (χ2n) is 14.2. The van der Waals surface area contributed by atoms with E-state index in [0.29, 0.717) is 12.8 Å². The number of carboxylic acid groups (broad SMARTS) is 2. The molecule has 2 N–H and O–H groups in total. The molecule has 0 fully saturated rings. The summed E-state index contributed by atoms with van der Waals surface area (Å²) in [6.45, 7) is 0. The normalized spacial score (nSPS) is 16.8. The van der Waals surface area contributed by atoms with Gasteiger partial charge in [-0.15, -0.1) is 0 Å². The van der Waals surface area contributed by atoms with Crippen molar-refractivity contribution in [3.8, 4) is 12.1 Å². The van der Waals surface area contributed by atoms with Crippen LogP contribution >= 0.6 is 0 Å². The van der Waals surface area contributed by atoms with E-state index >= 15 is 0 Å². The molecular formula is C50H40N4O4. The molecular weight excluding hydrogens is 721 g/mol. The largest absolute Gasteiger partial charge is 0.477 e. The molecule has 0 unspecified atom stereocenters. The van der Waals surface area contributed by atoms with Crippen LogP contribution in [-0.4, -0.2) is 22.2 Å². The number of aliphatic carboxylic acids is 2. The maximum atomic E-state index is 11.3. The van der Waals surface area contributed by atoms with Gasteiger partial charge in [0, 0.05) is 34.1 Å². The van der Waals surface area contributed by atoms with Gasteiger partial charge in [0.2, 0.25) is 0 Å². The van der Waals surface area contributed by atoms with Crippen LogP contribution in [0.5, 0.6) is 0 Å². The molecule has 0 spiro atoms. The Balaban J connectivity index is 1.14. The van der Waals surface area contributed by atoms with Crippen LogP contribution in [0.15, 0.2) is 190 Å². The van der Waals surface area contributed by atoms with Crippen molar-refractivity contribution in [2.75, 3.05) is 9.80 Å². The number of carboxylic acids is 2. The molecule has 4 aromatic rings. The van der Waals surface area contributed by atoms with Crippen LogP contribution < -0.4 is 9.80 Å². The van der Waals surface area contributed by atoms with Crippen LogP contribution in [0.25, 0.3) is 12.2 Å². The lowest BCUT2D eigenvalue weighted by molar-refractivity contribution is -0.133. The zero-order chi connectivity index (χ0) is 40.4. The number of anilines is 4. The highest BCUT2D eigenvalue weighted by Gasteiger charge is 2.22. The molecule has 58 heavy (non-hydrogen) atoms. The SMILES string of the molecule is N#C/C(=C\C1=CC(=C/c2ccc(N(C3=CC=C(N(c4ccccc4)c4ccc(/C=C5C=C(/C=C(\C#N)C(=O)O)CC/5)cc4)CC3)c3ccccc3)cc2)/CC1)C(=O)O. The fourth-order valence-electron chi connectivity index (χ4n) is 7.42. The lowest BCUT2D eigenvalue weighted by atomic mass is 10.0. The minimum absolute atomic E-state index is 0.256. The van der Waals surface area contributed by atoms with Crippen molar-refractivity contribution in [2.24, 2.45) is 0 Å². The molecule has 0 bridgehead atoms. The van der Waals surface area contributed by atoms with Gasteiger partial charge in [-0.1, -0.05) is 85.0 Å². The van der Waals surface area contributed by atoms with E-state index in [1.807, 2.05) is 48.6 Å². The molecule has 284 valence electrons. The highest BCUT2D eigenvalue weighted by Crippen LogP contribution is 2.39. The van der Waals surface area contributed by atoms with Crippen LogP contribution in [0.4, 0.5) is 22.7 Å². The van der Waals surface area contributed by atoms with Gasteiger partial charge in [0.15, 0.2) is 0 Å². The first-order chi connectivity index (χ1) is 28.3. The number of allylic oxidation sites excluding steroid dienone is 12. The minimum atomic E-state index is -1.21. The van der Waals surface area contributed by atoms with Crippen molar-refractivity contribution in [3.63, 3.8) is 0 Å². The van der Waals surface area contributed by atoms with Crippen molar-refractivity contribution < 1.29 is 19.8 Å². The molecule has 0 saturated carbocycles. The summed E-state index contributed by atoms with van der Waals surface area (Å²) in [4.78, 5) is 27.2. The monoisotopic (exact) mass is 760 g/mol. The molecule has 0 saturated heterocycles. The summed E-state index contributed by atoms with van der Waals surface area (Å²) in [7, 11) is 0. The number of hydrogen-bond donors (Lipinski definition) is 2. The van der Waals surface area contributed by atoms with Crippen molar-refractivity contribution in [1.82, 2.24) is 0 Å². The van der Waals surface area contributed by atoms with Gasteiger partial charge in [-0.2, -0.15) is 10.5 Å². The summed E-state index contributed by atoms with van der Waals surface area (Å²) < 4.78 is 0. The second-order valence-corrected chi connectivity index (χ2v) is 14.2. The number of carbonyl (C=O) groups is 2. The van der Waals surface area contributed by atoms with Gasteiger partial charge in [-0.3, -0.25) is 0 Å². The first-order valence-electron chi connectivity index (χ1n) is 19.1. The Morgan fingerprint density at radius 1 is 0.500 bits per heavy atom. The van der Waals surface area contributed by atoms with Crippen LogP contribution in [0, 0.1) is 22.7 Å². The Hall–Kier alpha value is -7.68. The molecule has 8 nitrogen and oxygen atoms in total. The number of benzene rings is 4. The van der Waals surface area contributed by atoms with E-state index in [4.69, 9.17) is 10.5 Å². The maximum Gasteiger partial charge on any atom is 0.346 e. The minimum Gasteiger partial charge on any atom is -0.477 e. The summed E-state index contributed by atoms with van der Waals surface area (Å²) in [5.41, 5.74) is 12.0. The smallest absolute Gasteiger partial charge is 0.346 e. The van der Waals surface area contributed by atoms with E-state index in [1.54, 1.807) is 12.1 Å². The van der Waals surface area contributed by atoms with Gasteiger partial charge in [0.1, 0.15) is 23.3 Å². The van der Waals surface area contributed by atoms with Crippen molar-refractivity contribution >= 4 is 46.8 Å². The van der Waals surface area contributed by atoms with Crippen LogP contribution in [0.1, 0.15) is 49.7 Å². The lowest BCUT2D eigenvalue weighted by Gasteiger charge is -2.33. The Labute approximate surface area is 338 Å². The highest BCUT2D eigenvalue weighted by atomic mass is 16.4. The number of nitrogens with zero attached hydrogens (tertiary/aromatic N) is 4. The first kappa shape index (κ1) is 38.6. The topological polar surface area (TPSA) is 129 Å². The second kappa shape index (κ2) is 17.8. The van der Waals surface area contributed by atoms with Gasteiger partial charge in [-0.05, 0) is 145 Å². The molecule has 0 aliphatic heterocycles. The zero-order valence-electron chi connectivity index (χ0n) is 31.8. The Kier molecular flexibility index (Phi) is 11.9. The summed E-state index contributed by atoms with van der Waals surface area (Å²) in [6, 6.07) is 41.1. The Bertz CT molecular complexity index is 2380. The van der Waals surface area contributed by atoms with Gasteiger partial charge in [-0.25, -0.2) is 9.59 Å². The van der Waals surface area contributed by atoms with E-state index < -0.39 is 11.9 Å². The molecule has 3 aliphatic carbocycles. The molecule has 0 aromatic heterocycles. The number of rotatable bonds is 12. The fraction of sp³-hybridized carbons (Fsp3) is 0.120. The summed E-state index contributed by atoms with van der Waals surface area (Å²) in [5, 5.41) is 36.7. The number of nitriles is 2. The molecule has 3 aliphatic rings. The van der Waals surface area contributed by atoms with Crippen LogP contribution in [-0.2, 0) is 9.59 Å². The third-order valence-corrected chi connectivity index (χ3v) is 10.2. The van der Waals surface area contributed by atoms with E-state index in [2.05, 4.69) is 107 Å². The molecule has 4 aromatic carbocycles. The number of hydrogen-bond acceptors (Lipinski definition) is 6. The molecule has 7 rings (SSSR count). The molecule has 8 heteroatoms. The quantitative estimate of drug-likeness (QED) is 0.108. The van der Waals surface area contributed by atoms with Crippen molar-refractivity contribution in [1.29, 1.82) is 10.5 Å². The fourth-order valence-corrected chi connectivity index (χ4v) is 7.42. The average molecular weight is 761 g/mol.